The summed E-state index contributed by atoms with van der Waals surface area (Å²) in [5.41, 5.74) is 0. The normalized spacial score (nSPS) is 31.9. The number of hydrogen-bond acceptors (Lipinski definition) is 4. The summed E-state index contributed by atoms with van der Waals surface area (Å²) in [5.74, 6) is 3.27. The number of aryl methyl sites for hydroxylation is 1. The smallest absolute Gasteiger partial charge is 0.244 e. The van der Waals surface area contributed by atoms with Crippen molar-refractivity contribution in [2.75, 3.05) is 6.54 Å². The number of hydrogen-bond donors (Lipinski definition) is 1. The molecule has 3 atom stereocenters. The molecule has 0 radical (unpaired) electrons. The van der Waals surface area contributed by atoms with E-state index in [9.17, 15) is 0 Å². The van der Waals surface area contributed by atoms with Crippen molar-refractivity contribution in [3.8, 4) is 0 Å². The lowest BCUT2D eigenvalue weighted by Gasteiger charge is -2.13. The van der Waals surface area contributed by atoms with Crippen LogP contribution in [0.3, 0.4) is 0 Å². The van der Waals surface area contributed by atoms with Crippen LogP contribution >= 0.6 is 0 Å². The summed E-state index contributed by atoms with van der Waals surface area (Å²) in [6.45, 7) is 3.31. The quantitative estimate of drug-likeness (QED) is 0.871. The van der Waals surface area contributed by atoms with Gasteiger partial charge in [-0.3, -0.25) is 0 Å². The van der Waals surface area contributed by atoms with E-state index in [1.807, 2.05) is 0 Å². The number of aromatic nitrogens is 2. The lowest BCUT2D eigenvalue weighted by atomic mass is 9.94. The molecule has 0 aromatic carbocycles. The second-order valence-corrected chi connectivity index (χ2v) is 5.39. The van der Waals surface area contributed by atoms with Gasteiger partial charge in [-0.05, 0) is 37.6 Å². The molecule has 2 heterocycles. The van der Waals surface area contributed by atoms with Crippen LogP contribution in [-0.4, -0.2) is 16.7 Å². The maximum atomic E-state index is 5.43. The summed E-state index contributed by atoms with van der Waals surface area (Å²) in [7, 11) is 0. The monoisotopic (exact) mass is 235 g/mol. The highest BCUT2D eigenvalue weighted by Crippen LogP contribution is 2.43. The van der Waals surface area contributed by atoms with Gasteiger partial charge in [0, 0.05) is 6.42 Å². The van der Waals surface area contributed by atoms with Crippen LogP contribution in [0.5, 0.6) is 0 Å². The maximum Gasteiger partial charge on any atom is 0.244 e. The summed E-state index contributed by atoms with van der Waals surface area (Å²) < 4.78 is 5.43. The molecule has 1 aliphatic carbocycles. The van der Waals surface area contributed by atoms with E-state index >= 15 is 0 Å². The number of unbranched alkanes of at least 4 members (excludes halogenated alkanes) is 1. The zero-order valence-electron chi connectivity index (χ0n) is 10.5. The average Bonchev–Trinajstić information content (AvgIpc) is 3.01. The molecular weight excluding hydrogens is 214 g/mol. The van der Waals surface area contributed by atoms with Crippen LogP contribution in [0.15, 0.2) is 4.52 Å². The van der Waals surface area contributed by atoms with E-state index in [1.165, 1.54) is 25.7 Å². The van der Waals surface area contributed by atoms with Crippen molar-refractivity contribution >= 4 is 0 Å². The highest BCUT2D eigenvalue weighted by molar-refractivity contribution is 5.03. The second kappa shape index (κ2) is 4.77. The standard InChI is InChI=1S/C13H21N3O/c1-2-3-7-11-15-13(17-16-11)12-10-6-4-5-9(10)8-14-12/h9-10,12,14H,2-8H2,1H3. The average molecular weight is 235 g/mol. The van der Waals surface area contributed by atoms with Crippen molar-refractivity contribution in [2.24, 2.45) is 11.8 Å². The van der Waals surface area contributed by atoms with Crippen LogP contribution < -0.4 is 5.32 Å². The summed E-state index contributed by atoms with van der Waals surface area (Å²) in [4.78, 5) is 4.55. The highest BCUT2D eigenvalue weighted by Gasteiger charge is 2.42. The van der Waals surface area contributed by atoms with Gasteiger partial charge in [0.2, 0.25) is 5.89 Å². The van der Waals surface area contributed by atoms with Crippen molar-refractivity contribution in [3.63, 3.8) is 0 Å². The van der Waals surface area contributed by atoms with Gasteiger partial charge in [-0.2, -0.15) is 4.98 Å². The Labute approximate surface area is 102 Å². The molecule has 1 saturated carbocycles. The van der Waals surface area contributed by atoms with E-state index in [4.69, 9.17) is 4.52 Å². The molecule has 4 heteroatoms. The Bertz CT molecular complexity index is 376. The highest BCUT2D eigenvalue weighted by atomic mass is 16.5. The Morgan fingerprint density at radius 2 is 2.35 bits per heavy atom. The fourth-order valence-corrected chi connectivity index (χ4v) is 3.29. The molecule has 1 aromatic rings. The van der Waals surface area contributed by atoms with Crippen LogP contribution in [0.2, 0.25) is 0 Å². The maximum absolute atomic E-state index is 5.43. The molecular formula is C13H21N3O. The Morgan fingerprint density at radius 3 is 3.24 bits per heavy atom. The zero-order valence-corrected chi connectivity index (χ0v) is 10.5. The van der Waals surface area contributed by atoms with Crippen LogP contribution in [-0.2, 0) is 6.42 Å². The van der Waals surface area contributed by atoms with Crippen molar-refractivity contribution < 1.29 is 4.52 Å². The molecule has 1 aliphatic heterocycles. The lowest BCUT2D eigenvalue weighted by molar-refractivity contribution is 0.300. The molecule has 94 valence electrons. The summed E-state index contributed by atoms with van der Waals surface area (Å²) in [6.07, 6.45) is 7.31. The Kier molecular flexibility index (Phi) is 3.14. The lowest BCUT2D eigenvalue weighted by Crippen LogP contribution is -2.18. The molecule has 2 aliphatic rings. The molecule has 1 N–H and O–H groups in total. The largest absolute Gasteiger partial charge is 0.338 e. The number of rotatable bonds is 4. The third-order valence-electron chi connectivity index (χ3n) is 4.25. The van der Waals surface area contributed by atoms with Gasteiger partial charge in [-0.1, -0.05) is 24.9 Å². The molecule has 3 rings (SSSR count). The minimum atomic E-state index is 0.324. The van der Waals surface area contributed by atoms with Gasteiger partial charge < -0.3 is 9.84 Å². The summed E-state index contributed by atoms with van der Waals surface area (Å²) in [5, 5.41) is 7.63. The molecule has 1 aromatic heterocycles. The van der Waals surface area contributed by atoms with E-state index < -0.39 is 0 Å². The minimum absolute atomic E-state index is 0.324. The number of nitrogens with one attached hydrogen (secondary N) is 1. The Morgan fingerprint density at radius 1 is 1.41 bits per heavy atom. The first-order chi connectivity index (χ1) is 8.38. The topological polar surface area (TPSA) is 51.0 Å². The number of nitrogens with zero attached hydrogens (tertiary/aromatic N) is 2. The van der Waals surface area contributed by atoms with Gasteiger partial charge in [0.15, 0.2) is 5.82 Å². The predicted octanol–water partition coefficient (Wildman–Crippen LogP) is 2.47. The molecule has 0 amide bonds. The van der Waals surface area contributed by atoms with Crippen molar-refractivity contribution in [2.45, 2.75) is 51.5 Å². The molecule has 3 unspecified atom stereocenters. The fourth-order valence-electron chi connectivity index (χ4n) is 3.29. The van der Waals surface area contributed by atoms with Gasteiger partial charge >= 0.3 is 0 Å². The van der Waals surface area contributed by atoms with Crippen molar-refractivity contribution in [1.29, 1.82) is 0 Å². The summed E-state index contributed by atoms with van der Waals surface area (Å²) >= 11 is 0. The van der Waals surface area contributed by atoms with Crippen molar-refractivity contribution in [3.05, 3.63) is 11.7 Å². The zero-order chi connectivity index (χ0) is 11.7. The third kappa shape index (κ3) is 2.10. The first-order valence-corrected chi connectivity index (χ1v) is 6.94. The third-order valence-corrected chi connectivity index (χ3v) is 4.25. The first kappa shape index (κ1) is 11.2. The Balaban J connectivity index is 1.69. The first-order valence-electron chi connectivity index (χ1n) is 6.94. The van der Waals surface area contributed by atoms with Crippen molar-refractivity contribution in [1.82, 2.24) is 15.5 Å². The minimum Gasteiger partial charge on any atom is -0.338 e. The van der Waals surface area contributed by atoms with Gasteiger partial charge in [0.25, 0.3) is 0 Å². The van der Waals surface area contributed by atoms with Gasteiger partial charge in [0.05, 0.1) is 6.04 Å². The van der Waals surface area contributed by atoms with E-state index in [2.05, 4.69) is 22.4 Å². The molecule has 0 spiro atoms. The molecule has 1 saturated heterocycles. The molecule has 4 nitrogen and oxygen atoms in total. The Hall–Kier alpha value is -0.900. The summed E-state index contributed by atoms with van der Waals surface area (Å²) in [6, 6.07) is 0.324. The van der Waals surface area contributed by atoms with E-state index in [0.29, 0.717) is 6.04 Å². The van der Waals surface area contributed by atoms with Gasteiger partial charge in [-0.25, -0.2) is 0 Å². The fraction of sp³-hybridized carbons (Fsp3) is 0.846. The van der Waals surface area contributed by atoms with E-state index in [0.717, 1.165) is 42.9 Å². The predicted molar refractivity (Wildman–Crippen MR) is 64.5 cm³/mol. The van der Waals surface area contributed by atoms with E-state index in [1.54, 1.807) is 0 Å². The van der Waals surface area contributed by atoms with Crippen LogP contribution in [0.4, 0.5) is 0 Å². The SMILES string of the molecule is CCCCc1noc(C2NCC3CCCC32)n1. The molecule has 17 heavy (non-hydrogen) atoms. The van der Waals surface area contributed by atoms with Gasteiger partial charge in [0.1, 0.15) is 0 Å². The van der Waals surface area contributed by atoms with Crippen LogP contribution in [0.1, 0.15) is 56.8 Å². The van der Waals surface area contributed by atoms with Gasteiger partial charge in [-0.15, -0.1) is 0 Å². The molecule has 2 fully saturated rings. The van der Waals surface area contributed by atoms with Crippen LogP contribution in [0.25, 0.3) is 0 Å². The second-order valence-electron chi connectivity index (χ2n) is 5.39. The van der Waals surface area contributed by atoms with Crippen LogP contribution in [0, 0.1) is 11.8 Å². The number of fused-ring (bicyclic) bond motifs is 1. The molecule has 0 bridgehead atoms. The van der Waals surface area contributed by atoms with E-state index in [-0.39, 0.29) is 0 Å².